The number of hydrogen-bond donors (Lipinski definition) is 3. The van der Waals surface area contributed by atoms with Gasteiger partial charge in [0.15, 0.2) is 0 Å². The normalized spacial score (nSPS) is 11.7. The summed E-state index contributed by atoms with van der Waals surface area (Å²) < 4.78 is 14.6. The van der Waals surface area contributed by atoms with Gasteiger partial charge in [-0.05, 0) is 42.5 Å². The van der Waals surface area contributed by atoms with Crippen LogP contribution in [0.4, 0.5) is 4.39 Å². The van der Waals surface area contributed by atoms with E-state index in [2.05, 4.69) is 15.3 Å². The third kappa shape index (κ3) is 4.70. The second-order valence-corrected chi connectivity index (χ2v) is 8.09. The lowest BCUT2D eigenvalue weighted by Crippen LogP contribution is -2.30. The third-order valence-electron chi connectivity index (χ3n) is 4.85. The van der Waals surface area contributed by atoms with E-state index in [1.807, 2.05) is 18.2 Å². The summed E-state index contributed by atoms with van der Waals surface area (Å²) in [4.78, 5) is 22.5. The Hall–Kier alpha value is -3.91. The van der Waals surface area contributed by atoms with Crippen molar-refractivity contribution >= 4 is 23.0 Å². The number of benzene rings is 1. The molecule has 32 heavy (non-hydrogen) atoms. The molecule has 3 aromatic heterocycles. The molecule has 0 aliphatic carbocycles. The first-order chi connectivity index (χ1) is 15.5. The van der Waals surface area contributed by atoms with Crippen molar-refractivity contribution in [1.29, 1.82) is 5.41 Å². The minimum Gasteiger partial charge on any atom is -0.507 e. The van der Waals surface area contributed by atoms with Crippen molar-refractivity contribution in [3.05, 3.63) is 101 Å². The molecule has 1 amide bonds. The molecular formula is C24H19FN4O2S. The number of rotatable bonds is 7. The van der Waals surface area contributed by atoms with Crippen LogP contribution < -0.4 is 5.32 Å². The van der Waals surface area contributed by atoms with Crippen LogP contribution in [-0.2, 0) is 0 Å². The van der Waals surface area contributed by atoms with Crippen LogP contribution in [0.3, 0.4) is 0 Å². The Bertz CT molecular complexity index is 1230. The van der Waals surface area contributed by atoms with Gasteiger partial charge in [-0.3, -0.25) is 14.8 Å². The fourth-order valence-corrected chi connectivity index (χ4v) is 4.18. The van der Waals surface area contributed by atoms with Crippen molar-refractivity contribution < 1.29 is 14.3 Å². The van der Waals surface area contributed by atoms with Gasteiger partial charge < -0.3 is 15.8 Å². The molecule has 1 aromatic carbocycles. The maximum Gasteiger partial charge on any atom is 0.261 e. The van der Waals surface area contributed by atoms with Gasteiger partial charge in [0, 0.05) is 36.3 Å². The predicted molar refractivity (Wildman–Crippen MR) is 122 cm³/mol. The molecule has 160 valence electrons. The standard InChI is InChI=1S/C24H19FN4O2S/c25-16-6-3-8-20(30)23(16)19(13-17(26)15-5-4-11-27-14-15)29-24(31)22-10-9-21(32-22)18-7-1-2-12-28-18/h1-12,14,19,26,30H,13H2,(H,29,31). The topological polar surface area (TPSA) is 99.0 Å². The molecule has 0 fully saturated rings. The van der Waals surface area contributed by atoms with E-state index in [4.69, 9.17) is 5.41 Å². The summed E-state index contributed by atoms with van der Waals surface area (Å²) >= 11 is 1.26. The lowest BCUT2D eigenvalue weighted by Gasteiger charge is -2.21. The lowest BCUT2D eigenvalue weighted by atomic mass is 9.96. The zero-order chi connectivity index (χ0) is 22.5. The van der Waals surface area contributed by atoms with E-state index in [9.17, 15) is 14.3 Å². The average molecular weight is 447 g/mol. The van der Waals surface area contributed by atoms with Gasteiger partial charge in [-0.2, -0.15) is 0 Å². The first kappa shape index (κ1) is 21.3. The average Bonchev–Trinajstić information content (AvgIpc) is 3.30. The summed E-state index contributed by atoms with van der Waals surface area (Å²) in [5.41, 5.74) is 1.40. The fourth-order valence-electron chi connectivity index (χ4n) is 3.29. The van der Waals surface area contributed by atoms with Gasteiger partial charge in [-0.15, -0.1) is 11.3 Å². The monoisotopic (exact) mass is 446 g/mol. The summed E-state index contributed by atoms with van der Waals surface area (Å²) in [5.74, 6) is -1.37. The Morgan fingerprint density at radius 3 is 2.69 bits per heavy atom. The number of thiophene rings is 1. The molecule has 0 saturated heterocycles. The molecule has 1 unspecified atom stereocenters. The van der Waals surface area contributed by atoms with Crippen molar-refractivity contribution in [3.63, 3.8) is 0 Å². The molecule has 1 atom stereocenters. The Balaban J connectivity index is 1.61. The summed E-state index contributed by atoms with van der Waals surface area (Å²) in [6.07, 6.45) is 4.77. The molecule has 4 rings (SSSR count). The highest BCUT2D eigenvalue weighted by Crippen LogP contribution is 2.32. The molecule has 3 heterocycles. The molecule has 6 nitrogen and oxygen atoms in total. The van der Waals surface area contributed by atoms with Crippen LogP contribution in [-0.4, -0.2) is 26.7 Å². The minimum atomic E-state index is -0.947. The molecular weight excluding hydrogens is 427 g/mol. The van der Waals surface area contributed by atoms with E-state index in [0.29, 0.717) is 10.4 Å². The van der Waals surface area contributed by atoms with E-state index in [1.54, 1.807) is 36.7 Å². The number of halogens is 1. The highest BCUT2D eigenvalue weighted by Gasteiger charge is 2.25. The number of phenols is 1. The van der Waals surface area contributed by atoms with Crippen molar-refractivity contribution in [2.75, 3.05) is 0 Å². The van der Waals surface area contributed by atoms with Crippen LogP contribution in [0.5, 0.6) is 5.75 Å². The molecule has 0 aliphatic rings. The minimum absolute atomic E-state index is 0.0234. The lowest BCUT2D eigenvalue weighted by molar-refractivity contribution is 0.0941. The number of carbonyl (C=O) groups is 1. The first-order valence-corrected chi connectivity index (χ1v) is 10.6. The summed E-state index contributed by atoms with van der Waals surface area (Å²) in [7, 11) is 0. The van der Waals surface area contributed by atoms with Gasteiger partial charge in [-0.1, -0.05) is 18.2 Å². The predicted octanol–water partition coefficient (Wildman–Crippen LogP) is 4.98. The van der Waals surface area contributed by atoms with Crippen LogP contribution in [0.25, 0.3) is 10.6 Å². The number of aromatic nitrogens is 2. The molecule has 0 aliphatic heterocycles. The zero-order valence-electron chi connectivity index (χ0n) is 16.8. The zero-order valence-corrected chi connectivity index (χ0v) is 17.6. The number of carbonyl (C=O) groups excluding carboxylic acids is 1. The van der Waals surface area contributed by atoms with E-state index in [0.717, 1.165) is 10.6 Å². The molecule has 3 N–H and O–H groups in total. The molecule has 0 radical (unpaired) electrons. The number of nitrogens with one attached hydrogen (secondary N) is 2. The Labute approximate surface area is 187 Å². The Kier molecular flexibility index (Phi) is 6.32. The second kappa shape index (κ2) is 9.49. The van der Waals surface area contributed by atoms with Crippen LogP contribution in [0.15, 0.2) is 79.3 Å². The number of aromatic hydroxyl groups is 1. The summed E-state index contributed by atoms with van der Waals surface area (Å²) in [6.45, 7) is 0. The first-order valence-electron chi connectivity index (χ1n) is 9.80. The maximum absolute atomic E-state index is 14.6. The van der Waals surface area contributed by atoms with Crippen molar-refractivity contribution in [3.8, 4) is 16.3 Å². The molecule has 0 bridgehead atoms. The molecule has 8 heteroatoms. The largest absolute Gasteiger partial charge is 0.507 e. The van der Waals surface area contributed by atoms with Crippen molar-refractivity contribution in [2.24, 2.45) is 0 Å². The van der Waals surface area contributed by atoms with E-state index in [-0.39, 0.29) is 23.4 Å². The third-order valence-corrected chi connectivity index (χ3v) is 5.96. The highest BCUT2D eigenvalue weighted by molar-refractivity contribution is 7.17. The van der Waals surface area contributed by atoms with E-state index >= 15 is 0 Å². The number of nitrogens with zero attached hydrogens (tertiary/aromatic N) is 2. The second-order valence-electron chi connectivity index (χ2n) is 7.00. The van der Waals surface area contributed by atoms with Gasteiger partial charge in [-0.25, -0.2) is 4.39 Å². The maximum atomic E-state index is 14.6. The van der Waals surface area contributed by atoms with Crippen molar-refractivity contribution in [2.45, 2.75) is 12.5 Å². The molecule has 0 saturated carbocycles. The van der Waals surface area contributed by atoms with Gasteiger partial charge in [0.2, 0.25) is 0 Å². The van der Waals surface area contributed by atoms with E-state index in [1.165, 1.54) is 35.7 Å². The summed E-state index contributed by atoms with van der Waals surface area (Å²) in [5, 5.41) is 21.5. The van der Waals surface area contributed by atoms with Crippen molar-refractivity contribution in [1.82, 2.24) is 15.3 Å². The van der Waals surface area contributed by atoms with Crippen LogP contribution >= 0.6 is 11.3 Å². The quantitative estimate of drug-likeness (QED) is 0.349. The van der Waals surface area contributed by atoms with Gasteiger partial charge in [0.05, 0.1) is 27.1 Å². The number of hydrogen-bond acceptors (Lipinski definition) is 6. The molecule has 4 aromatic rings. The Morgan fingerprint density at radius 2 is 1.97 bits per heavy atom. The number of amides is 1. The Morgan fingerprint density at radius 1 is 1.09 bits per heavy atom. The number of pyridine rings is 2. The summed E-state index contributed by atoms with van der Waals surface area (Å²) in [6, 6.07) is 15.4. The van der Waals surface area contributed by atoms with Crippen LogP contribution in [0.2, 0.25) is 0 Å². The van der Waals surface area contributed by atoms with Gasteiger partial charge in [0.25, 0.3) is 5.91 Å². The van der Waals surface area contributed by atoms with Crippen LogP contribution in [0, 0.1) is 11.2 Å². The van der Waals surface area contributed by atoms with Gasteiger partial charge in [0.1, 0.15) is 11.6 Å². The highest BCUT2D eigenvalue weighted by atomic mass is 32.1. The smallest absolute Gasteiger partial charge is 0.261 e. The van der Waals surface area contributed by atoms with Crippen LogP contribution in [0.1, 0.15) is 33.3 Å². The van der Waals surface area contributed by atoms with Gasteiger partial charge >= 0.3 is 0 Å². The molecule has 0 spiro atoms. The van der Waals surface area contributed by atoms with E-state index < -0.39 is 17.8 Å². The number of phenolic OH excluding ortho intramolecular Hbond substituents is 1. The fraction of sp³-hybridized carbons (Fsp3) is 0.0833. The SMILES string of the molecule is N=C(CC(NC(=O)c1ccc(-c2ccccn2)s1)c1c(O)cccc1F)c1cccnc1.